The molecule has 2 aromatic heterocycles. The topological polar surface area (TPSA) is 86.0 Å². The van der Waals surface area contributed by atoms with Gasteiger partial charge in [0.15, 0.2) is 0 Å². The van der Waals surface area contributed by atoms with Gasteiger partial charge >= 0.3 is 5.69 Å². The second kappa shape index (κ2) is 12.5. The number of benzene rings is 1. The van der Waals surface area contributed by atoms with E-state index in [1.807, 2.05) is 36.0 Å². The second-order valence-corrected chi connectivity index (χ2v) is 12.1. The first kappa shape index (κ1) is 27.6. The minimum Gasteiger partial charge on any atom is -0.349 e. The summed E-state index contributed by atoms with van der Waals surface area (Å²) < 4.78 is 17.1. The Morgan fingerprint density at radius 1 is 1.00 bits per heavy atom. The van der Waals surface area contributed by atoms with Gasteiger partial charge in [-0.25, -0.2) is 14.2 Å². The van der Waals surface area contributed by atoms with Crippen LogP contribution >= 0.6 is 11.8 Å². The molecule has 1 N–H and O–H groups in total. The summed E-state index contributed by atoms with van der Waals surface area (Å²) in [7, 11) is 0. The number of pyridine rings is 1. The molecular formula is C30H37FN4O3S. The fourth-order valence-corrected chi connectivity index (χ4v) is 7.03. The van der Waals surface area contributed by atoms with Crippen molar-refractivity contribution >= 4 is 28.7 Å². The SMILES string of the molecule is CCCCCc1ccc(C(=O)NC2CCC(n3c(=O)c4cc(F)cnc4n(C4CCSCC4)c3=O)CC2)cc1. The van der Waals surface area contributed by atoms with Crippen LogP contribution in [-0.4, -0.2) is 37.6 Å². The van der Waals surface area contributed by atoms with Crippen LogP contribution in [0.25, 0.3) is 11.0 Å². The molecule has 0 spiro atoms. The van der Waals surface area contributed by atoms with E-state index >= 15 is 0 Å². The molecule has 1 saturated heterocycles. The predicted octanol–water partition coefficient (Wildman–Crippen LogP) is 5.41. The summed E-state index contributed by atoms with van der Waals surface area (Å²) in [4.78, 5) is 44.3. The van der Waals surface area contributed by atoms with Crippen LogP contribution in [0.4, 0.5) is 4.39 Å². The van der Waals surface area contributed by atoms with E-state index in [4.69, 9.17) is 0 Å². The van der Waals surface area contributed by atoms with Crippen LogP contribution in [0.15, 0.2) is 46.1 Å². The number of hydrogen-bond donors (Lipinski definition) is 1. The maximum absolute atomic E-state index is 14.1. The highest BCUT2D eigenvalue weighted by Gasteiger charge is 2.29. The molecule has 1 saturated carbocycles. The number of aromatic nitrogens is 3. The third kappa shape index (κ3) is 6.13. The molecule has 0 atom stereocenters. The average molecular weight is 553 g/mol. The number of thioether (sulfide) groups is 1. The van der Waals surface area contributed by atoms with Crippen LogP contribution in [0.1, 0.15) is 92.7 Å². The third-order valence-electron chi connectivity index (χ3n) is 8.16. The molecule has 208 valence electrons. The molecule has 3 aromatic rings. The lowest BCUT2D eigenvalue weighted by molar-refractivity contribution is 0.0922. The zero-order valence-electron chi connectivity index (χ0n) is 22.5. The number of amides is 1. The van der Waals surface area contributed by atoms with E-state index in [0.29, 0.717) is 31.2 Å². The highest BCUT2D eigenvalue weighted by molar-refractivity contribution is 7.99. The number of nitrogens with zero attached hydrogens (tertiary/aromatic N) is 3. The summed E-state index contributed by atoms with van der Waals surface area (Å²) >= 11 is 1.85. The number of hydrogen-bond acceptors (Lipinski definition) is 5. The Labute approximate surface area is 232 Å². The van der Waals surface area contributed by atoms with Gasteiger partial charge in [0.05, 0.1) is 11.6 Å². The number of carbonyl (C=O) groups excluding carboxylic acids is 1. The standard InChI is InChI=1S/C30H37FN4O3S/c1-2-3-4-5-20-6-8-21(9-7-20)28(36)33-23-10-12-24(13-11-23)35-29(37)26-18-22(31)19-32-27(26)34(30(35)38)25-14-16-39-17-15-25/h6-9,18-19,23-25H,2-5,10-17H2,1H3,(H,33,36). The number of halogens is 1. The van der Waals surface area contributed by atoms with Crippen LogP contribution < -0.4 is 16.6 Å². The Balaban J connectivity index is 1.30. The fourth-order valence-electron chi connectivity index (χ4n) is 5.95. The summed E-state index contributed by atoms with van der Waals surface area (Å²) in [6.45, 7) is 2.19. The number of aryl methyl sites for hydroxylation is 1. The molecule has 3 heterocycles. The van der Waals surface area contributed by atoms with Crippen molar-refractivity contribution in [2.45, 2.75) is 89.3 Å². The Kier molecular flexibility index (Phi) is 8.85. The van der Waals surface area contributed by atoms with Crippen LogP contribution in [0, 0.1) is 5.82 Å². The second-order valence-electron chi connectivity index (χ2n) is 10.8. The van der Waals surface area contributed by atoms with Gasteiger partial charge in [-0.2, -0.15) is 11.8 Å². The summed E-state index contributed by atoms with van der Waals surface area (Å²) in [6.07, 6.45) is 9.78. The molecule has 5 rings (SSSR count). The van der Waals surface area contributed by atoms with Gasteiger partial charge in [0, 0.05) is 23.7 Å². The quantitative estimate of drug-likeness (QED) is 0.378. The highest BCUT2D eigenvalue weighted by atomic mass is 32.2. The van der Waals surface area contributed by atoms with Crippen molar-refractivity contribution in [2.75, 3.05) is 11.5 Å². The zero-order valence-corrected chi connectivity index (χ0v) is 23.4. The van der Waals surface area contributed by atoms with Crippen LogP contribution in [0.5, 0.6) is 0 Å². The molecule has 1 aliphatic heterocycles. The molecule has 39 heavy (non-hydrogen) atoms. The highest BCUT2D eigenvalue weighted by Crippen LogP contribution is 2.30. The van der Waals surface area contributed by atoms with Gasteiger partial charge in [-0.3, -0.25) is 18.7 Å². The third-order valence-corrected chi connectivity index (χ3v) is 9.21. The van der Waals surface area contributed by atoms with Crippen molar-refractivity contribution in [3.63, 3.8) is 0 Å². The summed E-state index contributed by atoms with van der Waals surface area (Å²) in [5, 5.41) is 3.29. The van der Waals surface area contributed by atoms with E-state index in [1.165, 1.54) is 29.0 Å². The van der Waals surface area contributed by atoms with Gasteiger partial charge in [0.1, 0.15) is 11.5 Å². The number of fused-ring (bicyclic) bond motifs is 1. The van der Waals surface area contributed by atoms with E-state index in [2.05, 4.69) is 17.2 Å². The number of nitrogens with one attached hydrogen (secondary N) is 1. The van der Waals surface area contributed by atoms with E-state index in [0.717, 1.165) is 43.4 Å². The van der Waals surface area contributed by atoms with Crippen molar-refractivity contribution < 1.29 is 9.18 Å². The van der Waals surface area contributed by atoms with E-state index < -0.39 is 11.4 Å². The molecule has 0 radical (unpaired) electrons. The summed E-state index contributed by atoms with van der Waals surface area (Å²) in [5.74, 6) is 1.19. The molecule has 0 unspecified atom stereocenters. The lowest BCUT2D eigenvalue weighted by atomic mass is 9.90. The first-order valence-corrected chi connectivity index (χ1v) is 15.4. The number of carbonyl (C=O) groups is 1. The molecule has 2 aliphatic rings. The fraction of sp³-hybridized carbons (Fsp3) is 0.533. The molecule has 0 bridgehead atoms. The van der Waals surface area contributed by atoms with Crippen molar-refractivity contribution in [1.82, 2.24) is 19.4 Å². The molecule has 2 fully saturated rings. The summed E-state index contributed by atoms with van der Waals surface area (Å²) in [5.41, 5.74) is 1.33. The van der Waals surface area contributed by atoms with Crippen molar-refractivity contribution in [3.05, 3.63) is 74.3 Å². The first-order valence-electron chi connectivity index (χ1n) is 14.3. The average Bonchev–Trinajstić information content (AvgIpc) is 2.95. The molecule has 1 aliphatic carbocycles. The largest absolute Gasteiger partial charge is 0.349 e. The predicted molar refractivity (Wildman–Crippen MR) is 154 cm³/mol. The Bertz CT molecular complexity index is 1420. The van der Waals surface area contributed by atoms with Crippen molar-refractivity contribution in [2.24, 2.45) is 0 Å². The maximum Gasteiger partial charge on any atom is 0.333 e. The van der Waals surface area contributed by atoms with Gasteiger partial charge in [-0.1, -0.05) is 31.9 Å². The van der Waals surface area contributed by atoms with E-state index in [1.54, 1.807) is 4.57 Å². The number of rotatable bonds is 8. The molecule has 1 aromatic carbocycles. The van der Waals surface area contributed by atoms with Gasteiger partial charge in [-0.05, 0) is 86.6 Å². The van der Waals surface area contributed by atoms with Crippen LogP contribution in [-0.2, 0) is 6.42 Å². The minimum atomic E-state index is -0.587. The maximum atomic E-state index is 14.1. The molecular weight excluding hydrogens is 515 g/mol. The number of unbranched alkanes of at least 4 members (excludes halogenated alkanes) is 2. The lowest BCUT2D eigenvalue weighted by Gasteiger charge is -2.31. The van der Waals surface area contributed by atoms with Gasteiger partial charge in [0.25, 0.3) is 11.5 Å². The van der Waals surface area contributed by atoms with E-state index in [-0.39, 0.29) is 40.8 Å². The smallest absolute Gasteiger partial charge is 0.333 e. The minimum absolute atomic E-state index is 0.0224. The lowest BCUT2D eigenvalue weighted by Crippen LogP contribution is -2.46. The molecule has 9 heteroatoms. The first-order chi connectivity index (χ1) is 19.0. The van der Waals surface area contributed by atoms with Crippen LogP contribution in [0.3, 0.4) is 0 Å². The van der Waals surface area contributed by atoms with Crippen molar-refractivity contribution in [1.29, 1.82) is 0 Å². The van der Waals surface area contributed by atoms with Crippen molar-refractivity contribution in [3.8, 4) is 0 Å². The van der Waals surface area contributed by atoms with Crippen LogP contribution in [0.2, 0.25) is 0 Å². The summed E-state index contributed by atoms with van der Waals surface area (Å²) in [6, 6.07) is 8.66. The normalized spacial score (nSPS) is 20.3. The molecule has 7 nitrogen and oxygen atoms in total. The zero-order chi connectivity index (χ0) is 27.4. The monoisotopic (exact) mass is 552 g/mol. The van der Waals surface area contributed by atoms with Gasteiger partial charge in [0.2, 0.25) is 0 Å². The molecule has 1 amide bonds. The Hall–Kier alpha value is -2.94. The van der Waals surface area contributed by atoms with Gasteiger partial charge < -0.3 is 5.32 Å². The Morgan fingerprint density at radius 2 is 1.69 bits per heavy atom. The Morgan fingerprint density at radius 3 is 2.38 bits per heavy atom. The van der Waals surface area contributed by atoms with E-state index in [9.17, 15) is 18.8 Å². The van der Waals surface area contributed by atoms with Gasteiger partial charge in [-0.15, -0.1) is 0 Å².